The molecule has 0 saturated heterocycles. The third-order valence-corrected chi connectivity index (χ3v) is 4.64. The minimum atomic E-state index is -0.335. The molecule has 2 rings (SSSR count). The summed E-state index contributed by atoms with van der Waals surface area (Å²) in [5, 5.41) is 0. The summed E-state index contributed by atoms with van der Waals surface area (Å²) in [6.45, 7) is 7.49. The minimum absolute atomic E-state index is 0.118. The molecule has 0 saturated carbocycles. The molecule has 1 amide bonds. The molecule has 0 aliphatic carbocycles. The molecule has 31 heavy (non-hydrogen) atoms. The molecule has 0 N–H and O–H groups in total. The Kier molecular flexibility index (Phi) is 9.81. The Morgan fingerprint density at radius 1 is 1.16 bits per heavy atom. The molecule has 0 aliphatic heterocycles. The van der Waals surface area contributed by atoms with Gasteiger partial charge in [0.2, 0.25) is 0 Å². The summed E-state index contributed by atoms with van der Waals surface area (Å²) in [5.74, 6) is 1.09. The van der Waals surface area contributed by atoms with E-state index in [1.807, 2.05) is 12.1 Å². The molecule has 1 aromatic carbocycles. The monoisotopic (exact) mass is 428 g/mol. The van der Waals surface area contributed by atoms with Gasteiger partial charge in [-0.1, -0.05) is 19.9 Å². The molecule has 0 aliphatic rings. The fourth-order valence-corrected chi connectivity index (χ4v) is 2.93. The number of carbonyl (C=O) groups excluding carboxylic acids is 2. The number of hydrogen-bond donors (Lipinski definition) is 0. The Morgan fingerprint density at radius 2 is 1.97 bits per heavy atom. The predicted molar refractivity (Wildman–Crippen MR) is 118 cm³/mol. The van der Waals surface area contributed by atoms with Crippen LogP contribution in [0.15, 0.2) is 42.7 Å². The molecule has 0 radical (unpaired) electrons. The van der Waals surface area contributed by atoms with Crippen LogP contribution in [-0.4, -0.2) is 48.6 Å². The maximum absolute atomic E-state index is 13.3. The number of ether oxygens (including phenoxy) is 3. The highest BCUT2D eigenvalue weighted by Crippen LogP contribution is 2.29. The highest BCUT2D eigenvalue weighted by Gasteiger charge is 2.20. The first-order valence-electron chi connectivity index (χ1n) is 10.6. The van der Waals surface area contributed by atoms with E-state index < -0.39 is 0 Å². The summed E-state index contributed by atoms with van der Waals surface area (Å²) in [6.07, 6.45) is 4.43. The lowest BCUT2D eigenvalue weighted by Crippen LogP contribution is -2.33. The van der Waals surface area contributed by atoms with Crippen LogP contribution in [0.1, 0.15) is 49.5 Å². The van der Waals surface area contributed by atoms with Crippen LogP contribution in [0, 0.1) is 5.92 Å². The van der Waals surface area contributed by atoms with E-state index in [-0.39, 0.29) is 24.8 Å². The summed E-state index contributed by atoms with van der Waals surface area (Å²) >= 11 is 0. The smallest absolute Gasteiger partial charge is 0.307 e. The van der Waals surface area contributed by atoms with Crippen molar-refractivity contribution in [2.24, 2.45) is 5.92 Å². The molecule has 0 bridgehead atoms. The molecule has 7 nitrogen and oxygen atoms in total. The highest BCUT2D eigenvalue weighted by molar-refractivity contribution is 5.95. The zero-order valence-corrected chi connectivity index (χ0v) is 18.8. The quantitative estimate of drug-likeness (QED) is 0.474. The molecule has 168 valence electrons. The fraction of sp³-hybridized carbons (Fsp3) is 0.458. The Labute approximate surface area is 184 Å². The van der Waals surface area contributed by atoms with Gasteiger partial charge in [-0.2, -0.15) is 0 Å². The van der Waals surface area contributed by atoms with Crippen molar-refractivity contribution in [3.63, 3.8) is 0 Å². The van der Waals surface area contributed by atoms with Crippen LogP contribution in [0.3, 0.4) is 0 Å². The summed E-state index contributed by atoms with van der Waals surface area (Å²) in [6, 6.07) is 8.85. The molecular formula is C24H32N2O5. The van der Waals surface area contributed by atoms with Gasteiger partial charge in [0.1, 0.15) is 0 Å². The van der Waals surface area contributed by atoms with Gasteiger partial charge in [-0.15, -0.1) is 0 Å². The average Bonchev–Trinajstić information content (AvgIpc) is 2.77. The van der Waals surface area contributed by atoms with E-state index in [2.05, 4.69) is 18.8 Å². The Bertz CT molecular complexity index is 839. The lowest BCUT2D eigenvalue weighted by molar-refractivity contribution is -0.143. The van der Waals surface area contributed by atoms with Gasteiger partial charge in [0, 0.05) is 31.0 Å². The van der Waals surface area contributed by atoms with E-state index in [1.54, 1.807) is 49.5 Å². The maximum Gasteiger partial charge on any atom is 0.307 e. The van der Waals surface area contributed by atoms with Crippen molar-refractivity contribution < 1.29 is 23.8 Å². The first-order valence-corrected chi connectivity index (χ1v) is 10.6. The topological polar surface area (TPSA) is 78.0 Å². The van der Waals surface area contributed by atoms with Gasteiger partial charge >= 0.3 is 5.97 Å². The number of esters is 1. The van der Waals surface area contributed by atoms with Gasteiger partial charge in [-0.3, -0.25) is 14.6 Å². The summed E-state index contributed by atoms with van der Waals surface area (Å²) in [7, 11) is 1.55. The zero-order chi connectivity index (χ0) is 22.6. The Morgan fingerprint density at radius 3 is 2.61 bits per heavy atom. The predicted octanol–water partition coefficient (Wildman–Crippen LogP) is 4.11. The van der Waals surface area contributed by atoms with Crippen molar-refractivity contribution in [2.75, 3.05) is 26.9 Å². The summed E-state index contributed by atoms with van der Waals surface area (Å²) < 4.78 is 16.3. The number of rotatable bonds is 12. The van der Waals surface area contributed by atoms with Crippen LogP contribution in [-0.2, 0) is 16.1 Å². The van der Waals surface area contributed by atoms with Gasteiger partial charge in [0.25, 0.3) is 5.91 Å². The molecule has 1 aromatic heterocycles. The normalized spacial score (nSPS) is 10.6. The van der Waals surface area contributed by atoms with Crippen LogP contribution in [0.5, 0.6) is 11.5 Å². The van der Waals surface area contributed by atoms with E-state index in [4.69, 9.17) is 14.2 Å². The van der Waals surface area contributed by atoms with Crippen LogP contribution in [0.4, 0.5) is 0 Å². The second-order valence-corrected chi connectivity index (χ2v) is 7.54. The van der Waals surface area contributed by atoms with Crippen molar-refractivity contribution in [2.45, 2.75) is 40.2 Å². The van der Waals surface area contributed by atoms with Gasteiger partial charge in [0.05, 0.1) is 26.7 Å². The van der Waals surface area contributed by atoms with Crippen molar-refractivity contribution in [3.8, 4) is 11.5 Å². The van der Waals surface area contributed by atoms with E-state index in [1.165, 1.54) is 0 Å². The van der Waals surface area contributed by atoms with Crippen molar-refractivity contribution in [1.82, 2.24) is 9.88 Å². The van der Waals surface area contributed by atoms with E-state index in [0.29, 0.717) is 42.7 Å². The number of aromatic nitrogens is 1. The lowest BCUT2D eigenvalue weighted by Gasteiger charge is -2.23. The van der Waals surface area contributed by atoms with Crippen molar-refractivity contribution >= 4 is 11.9 Å². The molecule has 1 heterocycles. The number of carbonyl (C=O) groups is 2. The van der Waals surface area contributed by atoms with Gasteiger partial charge in [-0.25, -0.2) is 0 Å². The number of amides is 1. The fourth-order valence-electron chi connectivity index (χ4n) is 2.93. The highest BCUT2D eigenvalue weighted by atomic mass is 16.5. The van der Waals surface area contributed by atoms with Gasteiger partial charge < -0.3 is 19.1 Å². The summed E-state index contributed by atoms with van der Waals surface area (Å²) in [4.78, 5) is 30.8. The summed E-state index contributed by atoms with van der Waals surface area (Å²) in [5.41, 5.74) is 1.33. The first kappa shape index (κ1) is 24.2. The third-order valence-electron chi connectivity index (χ3n) is 4.64. The second-order valence-electron chi connectivity index (χ2n) is 7.54. The average molecular weight is 429 g/mol. The number of pyridine rings is 1. The van der Waals surface area contributed by atoms with E-state index in [0.717, 1.165) is 12.0 Å². The molecular weight excluding hydrogens is 396 g/mol. The van der Waals surface area contributed by atoms with Crippen LogP contribution < -0.4 is 9.47 Å². The second kappa shape index (κ2) is 12.6. The minimum Gasteiger partial charge on any atom is -0.493 e. The number of hydrogen-bond acceptors (Lipinski definition) is 6. The first-order chi connectivity index (χ1) is 14.9. The molecule has 0 fully saturated rings. The Hall–Kier alpha value is -3.09. The molecule has 0 atom stereocenters. The van der Waals surface area contributed by atoms with E-state index in [9.17, 15) is 9.59 Å². The maximum atomic E-state index is 13.3. The number of benzene rings is 1. The number of methoxy groups -OCH3 is 1. The van der Waals surface area contributed by atoms with Gasteiger partial charge in [0.15, 0.2) is 11.5 Å². The lowest BCUT2D eigenvalue weighted by atomic mass is 10.1. The largest absolute Gasteiger partial charge is 0.493 e. The third kappa shape index (κ3) is 7.92. The van der Waals surface area contributed by atoms with Crippen LogP contribution in [0.2, 0.25) is 0 Å². The molecule has 2 aromatic rings. The molecule has 0 unspecified atom stereocenters. The molecule has 7 heteroatoms. The van der Waals surface area contributed by atoms with Crippen molar-refractivity contribution in [1.29, 1.82) is 0 Å². The van der Waals surface area contributed by atoms with E-state index >= 15 is 0 Å². The molecule has 0 spiro atoms. The van der Waals surface area contributed by atoms with Crippen LogP contribution in [0.25, 0.3) is 0 Å². The van der Waals surface area contributed by atoms with Gasteiger partial charge in [-0.05, 0) is 49.1 Å². The SMILES string of the molecule is CCOC(=O)CCN(Cc1cccnc1)C(=O)c1ccc(OCCC(C)C)c(OC)c1. The van der Waals surface area contributed by atoms with Crippen molar-refractivity contribution in [3.05, 3.63) is 53.9 Å². The zero-order valence-electron chi connectivity index (χ0n) is 18.8. The van der Waals surface area contributed by atoms with Crippen LogP contribution >= 0.6 is 0 Å². The standard InChI is InChI=1S/C24H32N2O5/c1-5-30-23(27)10-13-26(17-19-7-6-12-25-16-19)24(28)20-8-9-21(22(15-20)29-4)31-14-11-18(2)3/h6-9,12,15-16,18H,5,10-11,13-14,17H2,1-4H3. The Balaban J connectivity index is 2.18. The number of nitrogens with zero attached hydrogens (tertiary/aromatic N) is 2.